The van der Waals surface area contributed by atoms with Gasteiger partial charge in [-0.1, -0.05) is 363 Å². The van der Waals surface area contributed by atoms with Crippen molar-refractivity contribution in [3.05, 3.63) is 381 Å². The van der Waals surface area contributed by atoms with Crippen molar-refractivity contribution in [1.29, 1.82) is 0 Å². The third-order valence-corrected chi connectivity index (χ3v) is 26.1. The van der Waals surface area contributed by atoms with E-state index >= 15 is 0 Å². The molecule has 0 saturated carbocycles. The highest BCUT2D eigenvalue weighted by molar-refractivity contribution is 7.20. The van der Waals surface area contributed by atoms with Crippen LogP contribution in [0.2, 0.25) is 0 Å². The van der Waals surface area contributed by atoms with Gasteiger partial charge in [0.05, 0.1) is 11.4 Å². The highest BCUT2D eigenvalue weighted by Crippen LogP contribution is 2.55. The zero-order valence-corrected chi connectivity index (χ0v) is 59.7. The average Bonchev–Trinajstić information content (AvgIpc) is 0.707. The van der Waals surface area contributed by atoms with Crippen molar-refractivity contribution in [2.75, 3.05) is 9.80 Å². The summed E-state index contributed by atoms with van der Waals surface area (Å²) in [6.07, 6.45) is 0. The zero-order valence-electron chi connectivity index (χ0n) is 58.7. The molecule has 0 aromatic heterocycles. The van der Waals surface area contributed by atoms with Gasteiger partial charge < -0.3 is 9.80 Å². The predicted octanol–water partition coefficient (Wildman–Crippen LogP) is 21.4. The zero-order chi connectivity index (χ0) is 69.1. The standard InChI is InChI=1S/C98H79BN2Si/c1-97(2,3)78-55-58-88-91(65-78)101(96-86(73-42-24-11-25-43-73)62-77(69-36-18-8-19-37-69)63-87(96)74-44-26-12-27-45-74)93-67-79(98(4,5)6)66-92-94(93)99(88)89-64-75(70-52-56-83(57-53-70)102(80-46-28-13-29-47-80,81-48-30-14-31-49-81)82-50-32-15-33-51-82)54-59-90(89)100(92)95-84(71-38-20-9-21-39-71)60-76(68-34-16-7-17-35-68)61-85(95)72-40-22-10-23-41-72/h7-67H,1-6H3. The van der Waals surface area contributed by atoms with Crippen LogP contribution in [0.5, 0.6) is 0 Å². The van der Waals surface area contributed by atoms with E-state index in [-0.39, 0.29) is 17.5 Å². The van der Waals surface area contributed by atoms with Crippen LogP contribution >= 0.6 is 0 Å². The molecule has 0 atom stereocenters. The number of nitrogens with zero attached hydrogens (tertiary/aromatic N) is 2. The van der Waals surface area contributed by atoms with Gasteiger partial charge in [-0.15, -0.1) is 0 Å². The Morgan fingerprint density at radius 1 is 0.225 bits per heavy atom. The summed E-state index contributed by atoms with van der Waals surface area (Å²) in [5.41, 5.74) is 28.9. The summed E-state index contributed by atoms with van der Waals surface area (Å²) >= 11 is 0. The lowest BCUT2D eigenvalue weighted by Gasteiger charge is -2.47. The summed E-state index contributed by atoms with van der Waals surface area (Å²) in [6, 6.07) is 140. The third kappa shape index (κ3) is 11.2. The van der Waals surface area contributed by atoms with Crippen molar-refractivity contribution < 1.29 is 0 Å². The van der Waals surface area contributed by atoms with Crippen molar-refractivity contribution in [2.24, 2.45) is 0 Å². The van der Waals surface area contributed by atoms with Gasteiger partial charge in [0, 0.05) is 45.0 Å². The van der Waals surface area contributed by atoms with Crippen LogP contribution in [0, 0.1) is 0 Å². The normalized spacial score (nSPS) is 12.5. The summed E-state index contributed by atoms with van der Waals surface area (Å²) < 4.78 is 0. The molecule has 17 rings (SSSR count). The molecule has 0 unspecified atom stereocenters. The predicted molar refractivity (Wildman–Crippen MR) is 440 cm³/mol. The maximum absolute atomic E-state index is 2.84. The molecule has 15 aromatic carbocycles. The molecule has 102 heavy (non-hydrogen) atoms. The Morgan fingerprint density at radius 2 is 0.529 bits per heavy atom. The largest absolute Gasteiger partial charge is 0.310 e. The topological polar surface area (TPSA) is 6.48 Å². The van der Waals surface area contributed by atoms with E-state index in [9.17, 15) is 0 Å². The maximum Gasteiger partial charge on any atom is 0.252 e. The Bertz CT molecular complexity index is 5330. The Kier molecular flexibility index (Phi) is 16.2. The Hall–Kier alpha value is -11.8. The molecular formula is C98H79BN2Si. The van der Waals surface area contributed by atoms with Gasteiger partial charge in [-0.25, -0.2) is 0 Å². The number of benzene rings is 15. The first-order valence-electron chi connectivity index (χ1n) is 35.9. The molecule has 15 aromatic rings. The van der Waals surface area contributed by atoms with Crippen molar-refractivity contribution in [3.63, 3.8) is 0 Å². The number of hydrogen-bond acceptors (Lipinski definition) is 2. The van der Waals surface area contributed by atoms with Crippen LogP contribution in [-0.2, 0) is 10.8 Å². The van der Waals surface area contributed by atoms with E-state index in [1.54, 1.807) is 0 Å². The van der Waals surface area contributed by atoms with Crippen molar-refractivity contribution in [2.45, 2.75) is 52.4 Å². The third-order valence-electron chi connectivity index (χ3n) is 21.3. The van der Waals surface area contributed by atoms with Crippen molar-refractivity contribution in [1.82, 2.24) is 0 Å². The summed E-state index contributed by atoms with van der Waals surface area (Å²) in [5.74, 6) is 0. The molecule has 0 spiro atoms. The quantitative estimate of drug-likeness (QED) is 0.0838. The van der Waals surface area contributed by atoms with Gasteiger partial charge in [-0.05, 0) is 163 Å². The van der Waals surface area contributed by atoms with Gasteiger partial charge in [-0.2, -0.15) is 0 Å². The molecule has 0 N–H and O–H groups in total. The molecule has 488 valence electrons. The van der Waals surface area contributed by atoms with E-state index < -0.39 is 8.07 Å². The molecule has 0 radical (unpaired) electrons. The molecule has 2 nitrogen and oxygen atoms in total. The molecule has 0 saturated heterocycles. The summed E-state index contributed by atoms with van der Waals surface area (Å²) in [6.45, 7) is 14.0. The van der Waals surface area contributed by atoms with E-state index in [0.29, 0.717) is 0 Å². The van der Waals surface area contributed by atoms with Crippen LogP contribution < -0.4 is 46.9 Å². The molecule has 2 aliphatic rings. The van der Waals surface area contributed by atoms with Gasteiger partial charge in [0.1, 0.15) is 0 Å². The highest BCUT2D eigenvalue weighted by atomic mass is 28.3. The van der Waals surface area contributed by atoms with E-state index in [4.69, 9.17) is 0 Å². The number of hydrogen-bond donors (Lipinski definition) is 0. The molecule has 2 heterocycles. The van der Waals surface area contributed by atoms with E-state index in [1.807, 2.05) is 0 Å². The maximum atomic E-state index is 2.72. The van der Waals surface area contributed by atoms with Crippen LogP contribution in [0.1, 0.15) is 52.7 Å². The van der Waals surface area contributed by atoms with Crippen LogP contribution in [0.4, 0.5) is 34.1 Å². The highest BCUT2D eigenvalue weighted by Gasteiger charge is 2.47. The number of rotatable bonds is 13. The first-order valence-corrected chi connectivity index (χ1v) is 37.9. The van der Waals surface area contributed by atoms with Gasteiger partial charge in [0.2, 0.25) is 0 Å². The molecular weight excluding hydrogens is 1240 g/mol. The second kappa shape index (κ2) is 26.0. The van der Waals surface area contributed by atoms with E-state index in [2.05, 4.69) is 421 Å². The Balaban J connectivity index is 1.00. The summed E-state index contributed by atoms with van der Waals surface area (Å²) in [7, 11) is -2.84. The van der Waals surface area contributed by atoms with E-state index in [1.165, 1.54) is 81.9 Å². The molecule has 4 heteroatoms. The Morgan fingerprint density at radius 3 is 0.892 bits per heavy atom. The number of fused-ring (bicyclic) bond motifs is 4. The van der Waals surface area contributed by atoms with Crippen LogP contribution in [0.15, 0.2) is 370 Å². The van der Waals surface area contributed by atoms with E-state index in [0.717, 1.165) is 78.4 Å². The minimum absolute atomic E-state index is 0.183. The molecule has 0 amide bonds. The molecule has 0 bridgehead atoms. The summed E-state index contributed by atoms with van der Waals surface area (Å²) in [4.78, 5) is 5.42. The van der Waals surface area contributed by atoms with Gasteiger partial charge in [0.25, 0.3) is 6.71 Å². The van der Waals surface area contributed by atoms with Gasteiger partial charge >= 0.3 is 0 Å². The second-order valence-electron chi connectivity index (χ2n) is 29.5. The second-order valence-corrected chi connectivity index (χ2v) is 33.4. The lowest BCUT2D eigenvalue weighted by molar-refractivity contribution is 0.590. The SMILES string of the molecule is CC(C)(C)c1ccc2c(c1)N(c1c(-c3ccccc3)cc(-c3ccccc3)cc1-c1ccccc1)c1cc(C(C)(C)C)cc3c1B2c1cc(-c2ccc([Si](c4ccccc4)(c4ccccc4)c4ccccc4)cc2)ccc1N3c1c(-c2ccccc2)cc(-c2ccccc2)cc1-c1ccccc1. The lowest BCUT2D eigenvalue weighted by Crippen LogP contribution is -2.74. The fourth-order valence-electron chi connectivity index (χ4n) is 16.2. The molecule has 0 fully saturated rings. The van der Waals surface area contributed by atoms with Crippen molar-refractivity contribution in [3.8, 4) is 77.9 Å². The van der Waals surface area contributed by atoms with Gasteiger partial charge in [0.15, 0.2) is 8.07 Å². The first kappa shape index (κ1) is 63.6. The smallest absolute Gasteiger partial charge is 0.252 e. The molecule has 0 aliphatic carbocycles. The Labute approximate surface area is 603 Å². The molecule has 2 aliphatic heterocycles. The minimum Gasteiger partial charge on any atom is -0.310 e. The number of anilines is 6. The lowest BCUT2D eigenvalue weighted by atomic mass is 9.33. The van der Waals surface area contributed by atoms with Gasteiger partial charge in [-0.3, -0.25) is 0 Å². The minimum atomic E-state index is -2.84. The van der Waals surface area contributed by atoms with Crippen LogP contribution in [0.3, 0.4) is 0 Å². The fraction of sp³-hybridized carbons (Fsp3) is 0.0816. The summed E-state index contributed by atoms with van der Waals surface area (Å²) in [5, 5.41) is 5.40. The first-order chi connectivity index (χ1) is 49.9. The fourth-order valence-corrected chi connectivity index (χ4v) is 21.0. The van der Waals surface area contributed by atoms with Crippen molar-refractivity contribution >= 4 is 86.0 Å². The average molecular weight is 1320 g/mol. The van der Waals surface area contributed by atoms with Crippen LogP contribution in [0.25, 0.3) is 77.9 Å². The monoisotopic (exact) mass is 1320 g/mol. The van der Waals surface area contributed by atoms with Crippen LogP contribution in [-0.4, -0.2) is 14.8 Å².